The Kier molecular flexibility index (Phi) is 2.82. The third-order valence-corrected chi connectivity index (χ3v) is 3.33. The van der Waals surface area contributed by atoms with Crippen molar-refractivity contribution in [2.24, 2.45) is 5.73 Å². The normalized spacial score (nSPS) is 11.0. The second-order valence-corrected chi connectivity index (χ2v) is 4.57. The van der Waals surface area contributed by atoms with Crippen LogP contribution in [0.15, 0.2) is 52.9 Å². The molecule has 2 aromatic carbocycles. The summed E-state index contributed by atoms with van der Waals surface area (Å²) in [7, 11) is 0. The van der Waals surface area contributed by atoms with Crippen molar-refractivity contribution in [3.63, 3.8) is 0 Å². The SMILES string of the molecule is NCc1ccc(-c2cc3ccccc3o2)cc1Cl. The third-order valence-electron chi connectivity index (χ3n) is 2.98. The second kappa shape index (κ2) is 4.48. The monoisotopic (exact) mass is 257 g/mol. The van der Waals surface area contributed by atoms with E-state index in [9.17, 15) is 0 Å². The number of nitrogens with two attached hydrogens (primary N) is 1. The molecule has 0 bridgehead atoms. The number of halogens is 1. The molecule has 0 spiro atoms. The minimum Gasteiger partial charge on any atom is -0.456 e. The smallest absolute Gasteiger partial charge is 0.135 e. The Hall–Kier alpha value is -1.77. The maximum absolute atomic E-state index is 6.16. The maximum Gasteiger partial charge on any atom is 0.135 e. The first kappa shape index (κ1) is 11.3. The molecule has 3 aromatic rings. The molecule has 0 aliphatic carbocycles. The van der Waals surface area contributed by atoms with E-state index in [0.29, 0.717) is 11.6 Å². The zero-order chi connectivity index (χ0) is 12.5. The number of benzene rings is 2. The fraction of sp³-hybridized carbons (Fsp3) is 0.0667. The lowest BCUT2D eigenvalue weighted by atomic mass is 10.1. The molecule has 0 amide bonds. The topological polar surface area (TPSA) is 39.2 Å². The van der Waals surface area contributed by atoms with Crippen molar-refractivity contribution in [2.75, 3.05) is 0 Å². The molecule has 18 heavy (non-hydrogen) atoms. The van der Waals surface area contributed by atoms with Gasteiger partial charge in [-0.25, -0.2) is 0 Å². The molecule has 0 aliphatic rings. The predicted molar refractivity (Wildman–Crippen MR) is 74.6 cm³/mol. The van der Waals surface area contributed by atoms with Crippen molar-refractivity contribution in [1.82, 2.24) is 0 Å². The van der Waals surface area contributed by atoms with Crippen LogP contribution in [0, 0.1) is 0 Å². The highest BCUT2D eigenvalue weighted by Crippen LogP contribution is 2.30. The first-order valence-electron chi connectivity index (χ1n) is 5.75. The van der Waals surface area contributed by atoms with Gasteiger partial charge in [-0.05, 0) is 23.8 Å². The van der Waals surface area contributed by atoms with Crippen molar-refractivity contribution in [3.05, 3.63) is 59.1 Å². The highest BCUT2D eigenvalue weighted by Gasteiger charge is 2.07. The summed E-state index contributed by atoms with van der Waals surface area (Å²) >= 11 is 6.16. The minimum absolute atomic E-state index is 0.444. The Balaban J connectivity index is 2.11. The van der Waals surface area contributed by atoms with Gasteiger partial charge in [0.2, 0.25) is 0 Å². The maximum atomic E-state index is 6.16. The molecule has 0 radical (unpaired) electrons. The highest BCUT2D eigenvalue weighted by atomic mass is 35.5. The van der Waals surface area contributed by atoms with Crippen LogP contribution in [0.3, 0.4) is 0 Å². The molecule has 1 aromatic heterocycles. The van der Waals surface area contributed by atoms with Crippen molar-refractivity contribution in [1.29, 1.82) is 0 Å². The number of rotatable bonds is 2. The van der Waals surface area contributed by atoms with Crippen LogP contribution in [0.2, 0.25) is 5.02 Å². The Morgan fingerprint density at radius 1 is 1.06 bits per heavy atom. The Morgan fingerprint density at radius 2 is 1.89 bits per heavy atom. The Bertz CT molecular complexity index is 670. The van der Waals surface area contributed by atoms with Gasteiger partial charge in [-0.2, -0.15) is 0 Å². The molecular formula is C15H12ClNO. The molecule has 0 fully saturated rings. The van der Waals surface area contributed by atoms with E-state index < -0.39 is 0 Å². The van der Waals surface area contributed by atoms with Crippen LogP contribution in [0.5, 0.6) is 0 Å². The summed E-state index contributed by atoms with van der Waals surface area (Å²) < 4.78 is 5.79. The van der Waals surface area contributed by atoms with Gasteiger partial charge in [-0.15, -0.1) is 0 Å². The van der Waals surface area contributed by atoms with Crippen LogP contribution in [0.25, 0.3) is 22.3 Å². The van der Waals surface area contributed by atoms with E-state index >= 15 is 0 Å². The van der Waals surface area contributed by atoms with E-state index in [1.165, 1.54) is 0 Å². The van der Waals surface area contributed by atoms with Crippen LogP contribution in [-0.2, 0) is 6.54 Å². The second-order valence-electron chi connectivity index (χ2n) is 4.16. The van der Waals surface area contributed by atoms with Gasteiger partial charge in [0.25, 0.3) is 0 Å². The summed E-state index contributed by atoms with van der Waals surface area (Å²) in [4.78, 5) is 0. The van der Waals surface area contributed by atoms with Crippen LogP contribution in [0.4, 0.5) is 0 Å². The average molecular weight is 258 g/mol. The van der Waals surface area contributed by atoms with Gasteiger partial charge in [0.05, 0.1) is 0 Å². The van der Waals surface area contributed by atoms with Crippen molar-refractivity contribution in [2.45, 2.75) is 6.54 Å². The van der Waals surface area contributed by atoms with Gasteiger partial charge in [0, 0.05) is 22.5 Å². The largest absolute Gasteiger partial charge is 0.456 e. The highest BCUT2D eigenvalue weighted by molar-refractivity contribution is 6.31. The van der Waals surface area contributed by atoms with Crippen LogP contribution >= 0.6 is 11.6 Å². The first-order valence-corrected chi connectivity index (χ1v) is 6.13. The number of hydrogen-bond donors (Lipinski definition) is 1. The lowest BCUT2D eigenvalue weighted by Crippen LogP contribution is -1.96. The summed E-state index contributed by atoms with van der Waals surface area (Å²) in [5.74, 6) is 0.821. The standard InChI is InChI=1S/C15H12ClNO/c16-13-7-11(5-6-12(13)9-17)15-8-10-3-1-2-4-14(10)18-15/h1-8H,9,17H2. The van der Waals surface area contributed by atoms with Crippen LogP contribution in [0.1, 0.15) is 5.56 Å². The zero-order valence-electron chi connectivity index (χ0n) is 9.69. The summed E-state index contributed by atoms with van der Waals surface area (Å²) in [5.41, 5.74) is 8.38. The van der Waals surface area contributed by atoms with Crippen molar-refractivity contribution >= 4 is 22.6 Å². The van der Waals surface area contributed by atoms with Crippen molar-refractivity contribution < 1.29 is 4.42 Å². The molecule has 3 heteroatoms. The first-order chi connectivity index (χ1) is 8.78. The van der Waals surface area contributed by atoms with E-state index in [4.69, 9.17) is 21.8 Å². The molecule has 3 rings (SSSR count). The van der Waals surface area contributed by atoms with Gasteiger partial charge in [-0.3, -0.25) is 0 Å². The van der Waals surface area contributed by atoms with E-state index in [1.54, 1.807) is 0 Å². The quantitative estimate of drug-likeness (QED) is 0.747. The van der Waals surface area contributed by atoms with Crippen molar-refractivity contribution in [3.8, 4) is 11.3 Å². The average Bonchev–Trinajstić information content (AvgIpc) is 2.82. The predicted octanol–water partition coefficient (Wildman–Crippen LogP) is 4.21. The molecular weight excluding hydrogens is 246 g/mol. The Morgan fingerprint density at radius 3 is 2.61 bits per heavy atom. The minimum atomic E-state index is 0.444. The molecule has 0 saturated heterocycles. The fourth-order valence-corrected chi connectivity index (χ4v) is 2.25. The van der Waals surface area contributed by atoms with Crippen LogP contribution < -0.4 is 5.73 Å². The van der Waals surface area contributed by atoms with Gasteiger partial charge >= 0.3 is 0 Å². The van der Waals surface area contributed by atoms with Gasteiger partial charge in [-0.1, -0.05) is 41.9 Å². The molecule has 0 saturated carbocycles. The zero-order valence-corrected chi connectivity index (χ0v) is 10.4. The third kappa shape index (κ3) is 1.90. The van der Waals surface area contributed by atoms with E-state index in [0.717, 1.165) is 27.9 Å². The molecule has 0 atom stereocenters. The molecule has 2 N–H and O–H groups in total. The molecule has 2 nitrogen and oxygen atoms in total. The van der Waals surface area contributed by atoms with Crippen LogP contribution in [-0.4, -0.2) is 0 Å². The fourth-order valence-electron chi connectivity index (χ4n) is 1.99. The van der Waals surface area contributed by atoms with Gasteiger partial charge in [0.15, 0.2) is 0 Å². The van der Waals surface area contributed by atoms with Gasteiger partial charge in [0.1, 0.15) is 11.3 Å². The summed E-state index contributed by atoms with van der Waals surface area (Å²) in [6.45, 7) is 0.444. The number of fused-ring (bicyclic) bond motifs is 1. The van der Waals surface area contributed by atoms with E-state index in [2.05, 4.69) is 0 Å². The summed E-state index contributed by atoms with van der Waals surface area (Å²) in [6, 6.07) is 15.8. The number of para-hydroxylation sites is 1. The molecule has 0 unspecified atom stereocenters. The molecule has 90 valence electrons. The Labute approximate surface area is 110 Å². The summed E-state index contributed by atoms with van der Waals surface area (Å²) in [5, 5.41) is 1.77. The number of furan rings is 1. The van der Waals surface area contributed by atoms with E-state index in [1.807, 2.05) is 48.5 Å². The lowest BCUT2D eigenvalue weighted by Gasteiger charge is -2.02. The summed E-state index contributed by atoms with van der Waals surface area (Å²) in [6.07, 6.45) is 0. The lowest BCUT2D eigenvalue weighted by molar-refractivity contribution is 0.631. The van der Waals surface area contributed by atoms with Gasteiger partial charge < -0.3 is 10.2 Å². The number of hydrogen-bond acceptors (Lipinski definition) is 2. The van der Waals surface area contributed by atoms with E-state index in [-0.39, 0.29) is 0 Å². The molecule has 1 heterocycles. The molecule has 0 aliphatic heterocycles.